The highest BCUT2D eigenvalue weighted by molar-refractivity contribution is 5.85. The van der Waals surface area contributed by atoms with Crippen LogP contribution in [0.3, 0.4) is 0 Å². The summed E-state index contributed by atoms with van der Waals surface area (Å²) in [6.07, 6.45) is 0.0793. The van der Waals surface area contributed by atoms with Crippen LogP contribution in [-0.2, 0) is 11.3 Å². The van der Waals surface area contributed by atoms with Gasteiger partial charge in [-0.1, -0.05) is 55.5 Å². The molecule has 0 saturated carbocycles. The molecular formula is C23H25ClFNO. The van der Waals surface area contributed by atoms with Crippen LogP contribution in [0.4, 0.5) is 4.39 Å². The van der Waals surface area contributed by atoms with Crippen molar-refractivity contribution in [2.75, 3.05) is 13.1 Å². The van der Waals surface area contributed by atoms with Gasteiger partial charge in [0, 0.05) is 12.5 Å². The molecule has 1 heterocycles. The maximum atomic E-state index is 13.3. The van der Waals surface area contributed by atoms with Gasteiger partial charge in [-0.05, 0) is 52.6 Å². The van der Waals surface area contributed by atoms with Crippen molar-refractivity contribution >= 4 is 23.2 Å². The molecule has 0 spiro atoms. The van der Waals surface area contributed by atoms with E-state index in [1.807, 2.05) is 12.1 Å². The summed E-state index contributed by atoms with van der Waals surface area (Å²) in [5.74, 6) is 0.525. The van der Waals surface area contributed by atoms with Crippen molar-refractivity contribution in [3.05, 3.63) is 83.7 Å². The highest BCUT2D eigenvalue weighted by atomic mass is 35.5. The van der Waals surface area contributed by atoms with Gasteiger partial charge in [0.1, 0.15) is 5.82 Å². The third-order valence-corrected chi connectivity index (χ3v) is 5.36. The molecule has 0 bridgehead atoms. The Morgan fingerprint density at radius 3 is 2.48 bits per heavy atom. The lowest BCUT2D eigenvalue weighted by Gasteiger charge is -2.37. The Balaban J connectivity index is 0.00000210. The highest BCUT2D eigenvalue weighted by Gasteiger charge is 2.32. The Hall–Kier alpha value is -1.94. The zero-order valence-electron chi connectivity index (χ0n) is 15.4. The summed E-state index contributed by atoms with van der Waals surface area (Å²) in [6, 6.07) is 21.7. The van der Waals surface area contributed by atoms with Crippen LogP contribution in [0.2, 0.25) is 0 Å². The first kappa shape index (κ1) is 19.8. The molecule has 1 aliphatic rings. The fourth-order valence-electron chi connectivity index (χ4n) is 4.00. The Labute approximate surface area is 166 Å². The second-order valence-electron chi connectivity index (χ2n) is 7.24. The molecule has 1 N–H and O–H groups in total. The molecule has 0 amide bonds. The topological polar surface area (TPSA) is 21.3 Å². The van der Waals surface area contributed by atoms with E-state index in [1.165, 1.54) is 16.3 Å². The van der Waals surface area contributed by atoms with E-state index >= 15 is 0 Å². The summed E-state index contributed by atoms with van der Waals surface area (Å²) < 4.78 is 19.6. The summed E-state index contributed by atoms with van der Waals surface area (Å²) in [4.78, 5) is 0. The van der Waals surface area contributed by atoms with Gasteiger partial charge in [0.15, 0.2) is 0 Å². The summed E-state index contributed by atoms with van der Waals surface area (Å²) in [6.45, 7) is 4.59. The molecule has 142 valence electrons. The molecule has 1 saturated heterocycles. The zero-order valence-corrected chi connectivity index (χ0v) is 16.2. The molecule has 1 fully saturated rings. The first-order valence-electron chi connectivity index (χ1n) is 9.26. The number of hydrogen-bond donors (Lipinski definition) is 1. The van der Waals surface area contributed by atoms with Crippen molar-refractivity contribution in [3.8, 4) is 0 Å². The van der Waals surface area contributed by atoms with Crippen LogP contribution < -0.4 is 5.32 Å². The molecule has 1 aliphatic heterocycles. The smallest absolute Gasteiger partial charge is 0.123 e. The van der Waals surface area contributed by atoms with Crippen LogP contribution in [0.1, 0.15) is 24.0 Å². The van der Waals surface area contributed by atoms with Crippen LogP contribution in [0.25, 0.3) is 10.8 Å². The number of hydrogen-bond acceptors (Lipinski definition) is 2. The van der Waals surface area contributed by atoms with E-state index in [0.717, 1.165) is 18.7 Å². The van der Waals surface area contributed by atoms with Crippen molar-refractivity contribution < 1.29 is 9.13 Å². The van der Waals surface area contributed by atoms with Gasteiger partial charge in [0.05, 0.1) is 12.7 Å². The van der Waals surface area contributed by atoms with Gasteiger partial charge in [0.25, 0.3) is 0 Å². The van der Waals surface area contributed by atoms with E-state index in [1.54, 1.807) is 12.1 Å². The van der Waals surface area contributed by atoms with E-state index in [0.29, 0.717) is 12.5 Å². The Morgan fingerprint density at radius 2 is 1.70 bits per heavy atom. The lowest BCUT2D eigenvalue weighted by molar-refractivity contribution is -0.00331. The molecule has 4 rings (SSSR count). The molecule has 3 aromatic rings. The number of benzene rings is 3. The molecule has 4 heteroatoms. The van der Waals surface area contributed by atoms with E-state index in [-0.39, 0.29) is 30.2 Å². The van der Waals surface area contributed by atoms with Crippen LogP contribution in [0.15, 0.2) is 66.7 Å². The third-order valence-electron chi connectivity index (χ3n) is 5.36. The maximum absolute atomic E-state index is 13.3. The quantitative estimate of drug-likeness (QED) is 0.657. The normalized spacial score (nSPS) is 22.4. The van der Waals surface area contributed by atoms with Gasteiger partial charge in [-0.25, -0.2) is 4.39 Å². The fourth-order valence-corrected chi connectivity index (χ4v) is 4.00. The average Bonchev–Trinajstić information content (AvgIpc) is 2.67. The molecule has 3 aromatic carbocycles. The fraction of sp³-hybridized carbons (Fsp3) is 0.304. The van der Waals surface area contributed by atoms with Crippen LogP contribution >= 0.6 is 12.4 Å². The van der Waals surface area contributed by atoms with E-state index < -0.39 is 0 Å². The summed E-state index contributed by atoms with van der Waals surface area (Å²) in [5.41, 5.74) is 2.34. The Bertz CT molecular complexity index is 883. The van der Waals surface area contributed by atoms with Crippen molar-refractivity contribution in [1.82, 2.24) is 5.32 Å². The molecule has 3 atom stereocenters. The second kappa shape index (κ2) is 8.83. The number of halogens is 2. The third kappa shape index (κ3) is 4.49. The molecule has 2 nitrogen and oxygen atoms in total. The predicted molar refractivity (Wildman–Crippen MR) is 111 cm³/mol. The number of rotatable bonds is 4. The largest absolute Gasteiger partial charge is 0.372 e. The number of piperidine rings is 1. The molecule has 0 aliphatic carbocycles. The highest BCUT2D eigenvalue weighted by Crippen LogP contribution is 2.33. The van der Waals surface area contributed by atoms with Gasteiger partial charge in [-0.3, -0.25) is 0 Å². The molecule has 0 radical (unpaired) electrons. The predicted octanol–water partition coefficient (Wildman–Crippen LogP) is 5.31. The summed E-state index contributed by atoms with van der Waals surface area (Å²) in [5, 5.41) is 5.94. The van der Waals surface area contributed by atoms with Crippen molar-refractivity contribution in [2.45, 2.75) is 25.6 Å². The molecular weight excluding hydrogens is 361 g/mol. The summed E-state index contributed by atoms with van der Waals surface area (Å²) in [7, 11) is 0. The van der Waals surface area contributed by atoms with E-state index in [4.69, 9.17) is 4.74 Å². The summed E-state index contributed by atoms with van der Waals surface area (Å²) >= 11 is 0. The number of ether oxygens (including phenoxy) is 1. The van der Waals surface area contributed by atoms with Crippen LogP contribution in [-0.4, -0.2) is 19.2 Å². The first-order chi connectivity index (χ1) is 12.7. The zero-order chi connectivity index (χ0) is 17.9. The second-order valence-corrected chi connectivity index (χ2v) is 7.24. The minimum Gasteiger partial charge on any atom is -0.372 e. The Kier molecular flexibility index (Phi) is 6.48. The van der Waals surface area contributed by atoms with Crippen molar-refractivity contribution in [2.24, 2.45) is 5.92 Å². The standard InChI is InChI=1S/C23H24FNO.ClH/c1-16-13-25-14-22(23(16)19-8-10-21(24)11-9-19)26-15-17-6-7-18-4-2-3-5-20(18)12-17;/h2-12,16,22-23,25H,13-15H2,1H3;1H. The molecule has 3 unspecified atom stereocenters. The van der Waals surface area contributed by atoms with Crippen LogP contribution in [0, 0.1) is 11.7 Å². The SMILES string of the molecule is CC1CNCC(OCc2ccc3ccccc3c2)C1c1ccc(F)cc1.Cl. The van der Waals surface area contributed by atoms with E-state index in [2.05, 4.69) is 54.7 Å². The van der Waals surface area contributed by atoms with Gasteiger partial charge in [-0.2, -0.15) is 0 Å². The van der Waals surface area contributed by atoms with Gasteiger partial charge in [0.2, 0.25) is 0 Å². The Morgan fingerprint density at radius 1 is 0.963 bits per heavy atom. The van der Waals surface area contributed by atoms with Crippen molar-refractivity contribution in [1.29, 1.82) is 0 Å². The maximum Gasteiger partial charge on any atom is 0.123 e. The number of fused-ring (bicyclic) bond motifs is 1. The average molecular weight is 386 g/mol. The minimum absolute atomic E-state index is 0. The van der Waals surface area contributed by atoms with Crippen LogP contribution in [0.5, 0.6) is 0 Å². The monoisotopic (exact) mass is 385 g/mol. The lowest BCUT2D eigenvalue weighted by atomic mass is 9.80. The lowest BCUT2D eigenvalue weighted by Crippen LogP contribution is -2.45. The molecule has 0 aromatic heterocycles. The van der Waals surface area contributed by atoms with E-state index in [9.17, 15) is 4.39 Å². The van der Waals surface area contributed by atoms with Gasteiger partial charge >= 0.3 is 0 Å². The van der Waals surface area contributed by atoms with Gasteiger partial charge < -0.3 is 10.1 Å². The van der Waals surface area contributed by atoms with Crippen molar-refractivity contribution in [3.63, 3.8) is 0 Å². The number of nitrogens with one attached hydrogen (secondary N) is 1. The van der Waals surface area contributed by atoms with Gasteiger partial charge in [-0.15, -0.1) is 12.4 Å². The molecule has 27 heavy (non-hydrogen) atoms. The minimum atomic E-state index is -0.191. The first-order valence-corrected chi connectivity index (χ1v) is 9.26.